The summed E-state index contributed by atoms with van der Waals surface area (Å²) in [4.78, 5) is 13.1. The van der Waals surface area contributed by atoms with E-state index in [1.54, 1.807) is 30.6 Å². The number of rotatable bonds is 7. The van der Waals surface area contributed by atoms with Crippen LogP contribution in [0.1, 0.15) is 13.8 Å². The fourth-order valence-corrected chi connectivity index (χ4v) is 2.80. The second-order valence-corrected chi connectivity index (χ2v) is 7.48. The molecule has 0 aliphatic carbocycles. The minimum atomic E-state index is -0.369. The van der Waals surface area contributed by atoms with E-state index in [9.17, 15) is 9.50 Å². The number of benzene rings is 1. The fourth-order valence-electron chi connectivity index (χ4n) is 2.56. The number of hydrogen-bond acceptors (Lipinski definition) is 6. The van der Waals surface area contributed by atoms with Crippen LogP contribution in [0.3, 0.4) is 0 Å². The summed E-state index contributed by atoms with van der Waals surface area (Å²) in [6.45, 7) is 3.97. The summed E-state index contributed by atoms with van der Waals surface area (Å²) in [7, 11) is 0. The lowest BCUT2D eigenvalue weighted by molar-refractivity contribution is 0.248. The number of nitrogens with zero attached hydrogens (tertiary/aromatic N) is 3. The van der Waals surface area contributed by atoms with E-state index < -0.39 is 0 Å². The van der Waals surface area contributed by atoms with Gasteiger partial charge in [-0.3, -0.25) is 4.98 Å². The number of anilines is 3. The highest BCUT2D eigenvalue weighted by Crippen LogP contribution is 2.26. The number of halogens is 2. The van der Waals surface area contributed by atoms with Gasteiger partial charge in [-0.05, 0) is 52.2 Å². The predicted molar refractivity (Wildman–Crippen MR) is 112 cm³/mol. The molecule has 0 spiro atoms. The summed E-state index contributed by atoms with van der Waals surface area (Å²) < 4.78 is 14.2. The first-order valence-corrected chi connectivity index (χ1v) is 9.64. The molecule has 2 aromatic heterocycles. The zero-order valence-corrected chi connectivity index (χ0v) is 17.1. The number of hydrogen-bond donors (Lipinski definition) is 3. The standard InChI is InChI=1S/C20H21BrFN5O/c1-12(2)18(11-28)26-20-25-17(13-5-7-23-8-6-13)10-19(27-20)24-14-3-4-15(21)16(22)9-14/h3-10,12,18,28H,11H2,1-2H3,(H2,24,25,26,27)/t18-/m1/s1. The molecule has 0 aliphatic heterocycles. The molecule has 0 radical (unpaired) electrons. The molecule has 1 aromatic carbocycles. The normalized spacial score (nSPS) is 12.1. The highest BCUT2D eigenvalue weighted by Gasteiger charge is 2.15. The van der Waals surface area contributed by atoms with Crippen molar-refractivity contribution in [1.29, 1.82) is 0 Å². The smallest absolute Gasteiger partial charge is 0.225 e. The van der Waals surface area contributed by atoms with Crippen LogP contribution in [-0.2, 0) is 0 Å². The largest absolute Gasteiger partial charge is 0.394 e. The lowest BCUT2D eigenvalue weighted by Gasteiger charge is -2.20. The van der Waals surface area contributed by atoms with Crippen molar-refractivity contribution in [3.63, 3.8) is 0 Å². The zero-order valence-electron chi connectivity index (χ0n) is 15.5. The van der Waals surface area contributed by atoms with E-state index in [2.05, 4.69) is 41.5 Å². The van der Waals surface area contributed by atoms with Gasteiger partial charge in [-0.15, -0.1) is 0 Å². The van der Waals surface area contributed by atoms with E-state index >= 15 is 0 Å². The molecule has 0 unspecified atom stereocenters. The first-order chi connectivity index (χ1) is 13.5. The molecule has 1 atom stereocenters. The van der Waals surface area contributed by atoms with E-state index in [1.165, 1.54) is 6.07 Å². The van der Waals surface area contributed by atoms with Gasteiger partial charge in [-0.25, -0.2) is 9.37 Å². The van der Waals surface area contributed by atoms with Gasteiger partial charge in [-0.2, -0.15) is 4.98 Å². The minimum Gasteiger partial charge on any atom is -0.394 e. The van der Waals surface area contributed by atoms with Crippen LogP contribution >= 0.6 is 15.9 Å². The first-order valence-electron chi connectivity index (χ1n) is 8.85. The molecule has 3 aromatic rings. The Morgan fingerprint density at radius 2 is 1.86 bits per heavy atom. The Morgan fingerprint density at radius 3 is 2.50 bits per heavy atom. The number of aliphatic hydroxyl groups excluding tert-OH is 1. The minimum absolute atomic E-state index is 0.0405. The van der Waals surface area contributed by atoms with Crippen LogP contribution in [0.5, 0.6) is 0 Å². The van der Waals surface area contributed by atoms with E-state index in [4.69, 9.17) is 0 Å². The summed E-state index contributed by atoms with van der Waals surface area (Å²) in [6, 6.07) is 10.1. The van der Waals surface area contributed by atoms with E-state index in [0.29, 0.717) is 27.6 Å². The zero-order chi connectivity index (χ0) is 20.1. The summed E-state index contributed by atoms with van der Waals surface area (Å²) in [5.74, 6) is 0.704. The van der Waals surface area contributed by atoms with Crippen LogP contribution in [0.25, 0.3) is 11.3 Å². The highest BCUT2D eigenvalue weighted by atomic mass is 79.9. The Hall–Kier alpha value is -2.58. The van der Waals surface area contributed by atoms with Crippen molar-refractivity contribution in [3.05, 3.63) is 59.1 Å². The van der Waals surface area contributed by atoms with Gasteiger partial charge in [0.2, 0.25) is 5.95 Å². The molecule has 0 amide bonds. The molecule has 3 rings (SSSR count). The summed E-state index contributed by atoms with van der Waals surface area (Å²) >= 11 is 3.15. The number of pyridine rings is 1. The molecule has 0 aliphatic rings. The summed E-state index contributed by atoms with van der Waals surface area (Å²) in [6.07, 6.45) is 3.37. The van der Waals surface area contributed by atoms with Gasteiger partial charge < -0.3 is 15.7 Å². The van der Waals surface area contributed by atoms with Gasteiger partial charge in [0.15, 0.2) is 0 Å². The maximum absolute atomic E-state index is 13.8. The highest BCUT2D eigenvalue weighted by molar-refractivity contribution is 9.10. The maximum atomic E-state index is 13.8. The molecule has 0 bridgehead atoms. The third-order valence-electron chi connectivity index (χ3n) is 4.21. The van der Waals surface area contributed by atoms with Crippen molar-refractivity contribution in [3.8, 4) is 11.3 Å². The Labute approximate surface area is 171 Å². The van der Waals surface area contributed by atoms with Crippen LogP contribution in [0.2, 0.25) is 0 Å². The van der Waals surface area contributed by atoms with Gasteiger partial charge in [-0.1, -0.05) is 13.8 Å². The molecule has 28 heavy (non-hydrogen) atoms. The third kappa shape index (κ3) is 5.02. The van der Waals surface area contributed by atoms with Gasteiger partial charge in [0.05, 0.1) is 22.8 Å². The predicted octanol–water partition coefficient (Wildman–Crippen LogP) is 4.61. The topological polar surface area (TPSA) is 83.0 Å². The Balaban J connectivity index is 1.97. The molecule has 3 N–H and O–H groups in total. The molecule has 0 saturated heterocycles. The summed E-state index contributed by atoms with van der Waals surface area (Å²) in [5, 5.41) is 15.9. The quantitative estimate of drug-likeness (QED) is 0.492. The van der Waals surface area contributed by atoms with Crippen LogP contribution in [0.4, 0.5) is 21.8 Å². The summed E-state index contributed by atoms with van der Waals surface area (Å²) in [5.41, 5.74) is 2.12. The van der Waals surface area contributed by atoms with Crippen molar-refractivity contribution >= 4 is 33.4 Å². The van der Waals surface area contributed by atoms with Crippen molar-refractivity contribution in [1.82, 2.24) is 15.0 Å². The fraction of sp³-hybridized carbons (Fsp3) is 0.250. The Morgan fingerprint density at radius 1 is 1.11 bits per heavy atom. The van der Waals surface area contributed by atoms with Crippen molar-refractivity contribution in [2.45, 2.75) is 19.9 Å². The van der Waals surface area contributed by atoms with E-state index in [0.717, 1.165) is 5.56 Å². The molecule has 0 fully saturated rings. The molecular weight excluding hydrogens is 425 g/mol. The lowest BCUT2D eigenvalue weighted by Crippen LogP contribution is -2.30. The van der Waals surface area contributed by atoms with E-state index in [-0.39, 0.29) is 24.4 Å². The van der Waals surface area contributed by atoms with Crippen LogP contribution in [0.15, 0.2) is 53.3 Å². The second kappa shape index (κ2) is 9.07. The Bertz CT molecular complexity index is 939. The monoisotopic (exact) mass is 445 g/mol. The van der Waals surface area contributed by atoms with Crippen LogP contribution in [0, 0.1) is 11.7 Å². The number of aromatic nitrogens is 3. The Kier molecular flexibility index (Phi) is 6.53. The average Bonchev–Trinajstić information content (AvgIpc) is 2.69. The van der Waals surface area contributed by atoms with Crippen LogP contribution in [-0.4, -0.2) is 32.7 Å². The SMILES string of the molecule is CC(C)[C@@H](CO)Nc1nc(Nc2ccc(Br)c(F)c2)cc(-c2ccncc2)n1. The maximum Gasteiger partial charge on any atom is 0.225 e. The van der Waals surface area contributed by atoms with Crippen LogP contribution < -0.4 is 10.6 Å². The van der Waals surface area contributed by atoms with Gasteiger partial charge in [0.1, 0.15) is 11.6 Å². The van der Waals surface area contributed by atoms with Gasteiger partial charge in [0.25, 0.3) is 0 Å². The van der Waals surface area contributed by atoms with E-state index in [1.807, 2.05) is 26.0 Å². The average molecular weight is 446 g/mol. The molecular formula is C20H21BrFN5O. The number of aliphatic hydroxyl groups is 1. The molecule has 146 valence electrons. The molecule has 6 nitrogen and oxygen atoms in total. The molecule has 0 saturated carbocycles. The van der Waals surface area contributed by atoms with Crippen molar-refractivity contribution in [2.75, 3.05) is 17.2 Å². The first kappa shape index (κ1) is 20.2. The second-order valence-electron chi connectivity index (χ2n) is 6.63. The van der Waals surface area contributed by atoms with Crippen molar-refractivity contribution in [2.24, 2.45) is 5.92 Å². The molecule has 2 heterocycles. The van der Waals surface area contributed by atoms with Gasteiger partial charge >= 0.3 is 0 Å². The third-order valence-corrected chi connectivity index (χ3v) is 4.85. The number of nitrogens with one attached hydrogen (secondary N) is 2. The molecule has 8 heteroatoms. The van der Waals surface area contributed by atoms with Gasteiger partial charge in [0, 0.05) is 29.7 Å². The lowest BCUT2D eigenvalue weighted by atomic mass is 10.1. The van der Waals surface area contributed by atoms with Crippen molar-refractivity contribution < 1.29 is 9.50 Å².